The van der Waals surface area contributed by atoms with Gasteiger partial charge in [0, 0.05) is 25.1 Å². The van der Waals surface area contributed by atoms with Crippen molar-refractivity contribution in [3.63, 3.8) is 0 Å². The van der Waals surface area contributed by atoms with Crippen LogP contribution < -0.4 is 10.1 Å². The van der Waals surface area contributed by atoms with E-state index >= 15 is 0 Å². The van der Waals surface area contributed by atoms with Gasteiger partial charge in [0.1, 0.15) is 12.4 Å². The van der Waals surface area contributed by atoms with E-state index in [0.29, 0.717) is 6.61 Å². The first kappa shape index (κ1) is 15.3. The molecule has 108 valence electrons. The molecule has 0 aliphatic rings. The molecule has 20 heavy (non-hydrogen) atoms. The van der Waals surface area contributed by atoms with Crippen LogP contribution in [0.15, 0.2) is 36.4 Å². The fraction of sp³-hybridized carbons (Fsp3) is 0.333. The van der Waals surface area contributed by atoms with E-state index in [1.807, 2.05) is 24.3 Å². The van der Waals surface area contributed by atoms with E-state index < -0.39 is 0 Å². The first-order valence-corrected chi connectivity index (χ1v) is 7.63. The van der Waals surface area contributed by atoms with Crippen molar-refractivity contribution >= 4 is 22.9 Å². The molecule has 2 aromatic rings. The van der Waals surface area contributed by atoms with E-state index in [1.54, 1.807) is 18.4 Å². The van der Waals surface area contributed by atoms with Gasteiger partial charge in [-0.05, 0) is 29.8 Å². The molecule has 2 rings (SSSR count). The lowest BCUT2D eigenvalue weighted by molar-refractivity contribution is 0.199. The summed E-state index contributed by atoms with van der Waals surface area (Å²) in [6, 6.07) is 12.0. The molecule has 0 radical (unpaired) electrons. The monoisotopic (exact) mass is 311 g/mol. The largest absolute Gasteiger partial charge is 0.488 e. The van der Waals surface area contributed by atoms with Gasteiger partial charge < -0.3 is 14.8 Å². The lowest BCUT2D eigenvalue weighted by Crippen LogP contribution is -2.18. The molecular weight excluding hydrogens is 294 g/mol. The number of ether oxygens (including phenoxy) is 2. The smallest absolute Gasteiger partial charge is 0.122 e. The summed E-state index contributed by atoms with van der Waals surface area (Å²) in [5, 5.41) is 3.31. The zero-order valence-corrected chi connectivity index (χ0v) is 13.0. The molecule has 0 atom stereocenters. The van der Waals surface area contributed by atoms with E-state index in [4.69, 9.17) is 21.1 Å². The standard InChI is InChI=1S/C15H18ClNO2S/c1-18-8-7-17-10-12-3-2-4-13(9-12)19-11-14-5-6-15(16)20-14/h2-6,9,17H,7-8,10-11H2,1H3. The highest BCUT2D eigenvalue weighted by atomic mass is 35.5. The predicted octanol–water partition coefficient (Wildman–Crippen LogP) is 3.72. The highest BCUT2D eigenvalue weighted by Gasteiger charge is 2.01. The highest BCUT2D eigenvalue weighted by molar-refractivity contribution is 7.16. The van der Waals surface area contributed by atoms with Gasteiger partial charge in [0.05, 0.1) is 10.9 Å². The summed E-state index contributed by atoms with van der Waals surface area (Å²) in [5.41, 5.74) is 1.20. The number of thiophene rings is 1. The van der Waals surface area contributed by atoms with E-state index in [1.165, 1.54) is 5.56 Å². The topological polar surface area (TPSA) is 30.5 Å². The van der Waals surface area contributed by atoms with Crippen molar-refractivity contribution in [2.45, 2.75) is 13.2 Å². The minimum absolute atomic E-state index is 0.554. The third kappa shape index (κ3) is 5.13. The van der Waals surface area contributed by atoms with E-state index in [-0.39, 0.29) is 0 Å². The van der Waals surface area contributed by atoms with Crippen molar-refractivity contribution in [2.75, 3.05) is 20.3 Å². The number of halogens is 1. The summed E-state index contributed by atoms with van der Waals surface area (Å²) < 4.78 is 11.6. The Morgan fingerprint density at radius 2 is 2.15 bits per heavy atom. The molecule has 0 amide bonds. The van der Waals surface area contributed by atoms with Gasteiger partial charge in [0.15, 0.2) is 0 Å². The average Bonchev–Trinajstić information content (AvgIpc) is 2.88. The molecule has 3 nitrogen and oxygen atoms in total. The maximum Gasteiger partial charge on any atom is 0.122 e. The summed E-state index contributed by atoms with van der Waals surface area (Å²) in [4.78, 5) is 1.12. The van der Waals surface area contributed by atoms with Crippen LogP contribution in [0.3, 0.4) is 0 Å². The Kier molecular flexibility index (Phi) is 6.33. The van der Waals surface area contributed by atoms with Gasteiger partial charge >= 0.3 is 0 Å². The molecule has 0 aliphatic carbocycles. The van der Waals surface area contributed by atoms with Crippen molar-refractivity contribution in [1.29, 1.82) is 0 Å². The van der Waals surface area contributed by atoms with Gasteiger partial charge in [-0.25, -0.2) is 0 Å². The Morgan fingerprint density at radius 1 is 1.25 bits per heavy atom. The first-order chi connectivity index (χ1) is 9.78. The average molecular weight is 312 g/mol. The van der Waals surface area contributed by atoms with Gasteiger partial charge in [0.25, 0.3) is 0 Å². The SMILES string of the molecule is COCCNCc1cccc(OCc2ccc(Cl)s2)c1. The van der Waals surface area contributed by atoms with Crippen molar-refractivity contribution in [2.24, 2.45) is 0 Å². The number of methoxy groups -OCH3 is 1. The molecule has 0 spiro atoms. The second-order valence-corrected chi connectivity index (χ2v) is 6.11. The van der Waals surface area contributed by atoms with Crippen molar-refractivity contribution in [3.05, 3.63) is 51.2 Å². The Morgan fingerprint density at radius 3 is 2.90 bits per heavy atom. The Balaban J connectivity index is 1.82. The lowest BCUT2D eigenvalue weighted by atomic mass is 10.2. The summed E-state index contributed by atoms with van der Waals surface area (Å²) in [7, 11) is 1.70. The number of benzene rings is 1. The maximum absolute atomic E-state index is 5.89. The Bertz CT molecular complexity index is 530. The first-order valence-electron chi connectivity index (χ1n) is 6.43. The van der Waals surface area contributed by atoms with Crippen LogP contribution in [0.5, 0.6) is 5.75 Å². The molecule has 1 aromatic heterocycles. The van der Waals surface area contributed by atoms with Crippen LogP contribution in [0, 0.1) is 0 Å². The summed E-state index contributed by atoms with van der Waals surface area (Å²) in [6.45, 7) is 2.92. The normalized spacial score (nSPS) is 10.7. The summed E-state index contributed by atoms with van der Waals surface area (Å²) in [5.74, 6) is 0.876. The Hall–Kier alpha value is -1.07. The predicted molar refractivity (Wildman–Crippen MR) is 83.7 cm³/mol. The molecule has 0 saturated carbocycles. The van der Waals surface area contributed by atoms with Crippen LogP contribution in [-0.4, -0.2) is 20.3 Å². The Labute approximate surface area is 128 Å². The molecule has 1 heterocycles. The molecule has 0 fully saturated rings. The van der Waals surface area contributed by atoms with Crippen molar-refractivity contribution in [3.8, 4) is 5.75 Å². The number of hydrogen-bond donors (Lipinski definition) is 1. The maximum atomic E-state index is 5.89. The second kappa shape index (κ2) is 8.27. The van der Waals surface area contributed by atoms with Crippen LogP contribution in [0.25, 0.3) is 0 Å². The van der Waals surface area contributed by atoms with Crippen LogP contribution in [0.1, 0.15) is 10.4 Å². The summed E-state index contributed by atoms with van der Waals surface area (Å²) in [6.07, 6.45) is 0. The van der Waals surface area contributed by atoms with Crippen LogP contribution in [-0.2, 0) is 17.9 Å². The van der Waals surface area contributed by atoms with Gasteiger partial charge in [-0.15, -0.1) is 11.3 Å². The van der Waals surface area contributed by atoms with E-state index in [0.717, 1.165) is 34.7 Å². The molecule has 0 aliphatic heterocycles. The molecule has 0 bridgehead atoms. The van der Waals surface area contributed by atoms with Crippen molar-refractivity contribution < 1.29 is 9.47 Å². The van der Waals surface area contributed by atoms with E-state index in [2.05, 4.69) is 17.4 Å². The molecule has 0 unspecified atom stereocenters. The van der Waals surface area contributed by atoms with Gasteiger partial charge in [-0.1, -0.05) is 23.7 Å². The summed E-state index contributed by atoms with van der Waals surface area (Å²) >= 11 is 7.44. The van der Waals surface area contributed by atoms with Crippen LogP contribution in [0.4, 0.5) is 0 Å². The highest BCUT2D eigenvalue weighted by Crippen LogP contribution is 2.23. The minimum atomic E-state index is 0.554. The zero-order chi connectivity index (χ0) is 14.2. The van der Waals surface area contributed by atoms with Crippen molar-refractivity contribution in [1.82, 2.24) is 5.32 Å². The quantitative estimate of drug-likeness (QED) is 0.754. The van der Waals surface area contributed by atoms with Gasteiger partial charge in [-0.2, -0.15) is 0 Å². The van der Waals surface area contributed by atoms with E-state index in [9.17, 15) is 0 Å². The molecule has 1 N–H and O–H groups in total. The van der Waals surface area contributed by atoms with Gasteiger partial charge in [-0.3, -0.25) is 0 Å². The second-order valence-electron chi connectivity index (χ2n) is 4.31. The third-order valence-corrected chi connectivity index (χ3v) is 3.93. The molecular formula is C15H18ClNO2S. The molecule has 0 saturated heterocycles. The minimum Gasteiger partial charge on any atom is -0.488 e. The third-order valence-electron chi connectivity index (χ3n) is 2.72. The fourth-order valence-electron chi connectivity index (χ4n) is 1.74. The lowest BCUT2D eigenvalue weighted by Gasteiger charge is -2.08. The zero-order valence-electron chi connectivity index (χ0n) is 11.4. The molecule has 1 aromatic carbocycles. The molecule has 5 heteroatoms. The van der Waals surface area contributed by atoms with Gasteiger partial charge in [0.2, 0.25) is 0 Å². The van der Waals surface area contributed by atoms with Crippen LogP contribution in [0.2, 0.25) is 4.34 Å². The van der Waals surface area contributed by atoms with Crippen LogP contribution >= 0.6 is 22.9 Å². The fourth-order valence-corrected chi connectivity index (χ4v) is 2.74. The number of nitrogens with one attached hydrogen (secondary N) is 1. The number of hydrogen-bond acceptors (Lipinski definition) is 4. The number of rotatable bonds is 8.